The molecule has 0 aliphatic carbocycles. The molecule has 2 heterocycles. The standard InChI is InChI=1S/C22H21NO3/c1-14-10-15(2)12-17(11-14)26-13-16-8-9-25-21-20(16)18-6-4-5-7-19(18)23(3)22(21)24/h4-8,10-12H,9,13H2,1-3H3. The molecule has 0 saturated carbocycles. The summed E-state index contributed by atoms with van der Waals surface area (Å²) in [6.07, 6.45) is 2.00. The molecule has 0 spiro atoms. The normalized spacial score (nSPS) is 13.1. The molecule has 132 valence electrons. The molecule has 26 heavy (non-hydrogen) atoms. The SMILES string of the molecule is Cc1cc(C)cc(OCC2=CCOc3c2c2ccccc2n(C)c3=O)c1. The van der Waals surface area contributed by atoms with Crippen LogP contribution < -0.4 is 15.0 Å². The summed E-state index contributed by atoms with van der Waals surface area (Å²) in [5.74, 6) is 1.25. The van der Waals surface area contributed by atoms with Crippen molar-refractivity contribution in [2.24, 2.45) is 7.05 Å². The lowest BCUT2D eigenvalue weighted by Gasteiger charge is -2.22. The highest BCUT2D eigenvalue weighted by molar-refractivity contribution is 5.95. The average molecular weight is 347 g/mol. The van der Waals surface area contributed by atoms with Crippen LogP contribution in [0, 0.1) is 13.8 Å². The van der Waals surface area contributed by atoms with Gasteiger partial charge in [-0.2, -0.15) is 0 Å². The smallest absolute Gasteiger partial charge is 0.293 e. The van der Waals surface area contributed by atoms with E-state index in [-0.39, 0.29) is 5.56 Å². The number of rotatable bonds is 3. The van der Waals surface area contributed by atoms with E-state index < -0.39 is 0 Å². The highest BCUT2D eigenvalue weighted by atomic mass is 16.5. The fourth-order valence-electron chi connectivity index (χ4n) is 3.56. The van der Waals surface area contributed by atoms with Crippen LogP contribution in [0.25, 0.3) is 16.5 Å². The Morgan fingerprint density at radius 1 is 1.12 bits per heavy atom. The molecule has 1 aliphatic rings. The zero-order chi connectivity index (χ0) is 18.3. The minimum absolute atomic E-state index is 0.115. The summed E-state index contributed by atoms with van der Waals surface area (Å²) in [6, 6.07) is 14.1. The van der Waals surface area contributed by atoms with Gasteiger partial charge in [0, 0.05) is 23.6 Å². The first kappa shape index (κ1) is 16.5. The number of aromatic nitrogens is 1. The van der Waals surface area contributed by atoms with Gasteiger partial charge in [-0.1, -0.05) is 24.3 Å². The summed E-state index contributed by atoms with van der Waals surface area (Å²) in [6.45, 7) is 4.89. The first-order valence-corrected chi connectivity index (χ1v) is 8.69. The fraction of sp³-hybridized carbons (Fsp3) is 0.227. The Morgan fingerprint density at radius 3 is 2.62 bits per heavy atom. The Labute approximate surface area is 152 Å². The van der Waals surface area contributed by atoms with Gasteiger partial charge in [0.25, 0.3) is 5.56 Å². The monoisotopic (exact) mass is 347 g/mol. The zero-order valence-corrected chi connectivity index (χ0v) is 15.2. The van der Waals surface area contributed by atoms with Crippen molar-refractivity contribution in [1.82, 2.24) is 4.57 Å². The first-order valence-electron chi connectivity index (χ1n) is 8.69. The predicted octanol–water partition coefficient (Wildman–Crippen LogP) is 4.01. The topological polar surface area (TPSA) is 40.5 Å². The van der Waals surface area contributed by atoms with Gasteiger partial charge in [-0.25, -0.2) is 0 Å². The average Bonchev–Trinajstić information content (AvgIpc) is 2.63. The van der Waals surface area contributed by atoms with Gasteiger partial charge in [-0.15, -0.1) is 0 Å². The molecule has 2 aromatic carbocycles. The van der Waals surface area contributed by atoms with Crippen LogP contribution in [-0.4, -0.2) is 17.8 Å². The van der Waals surface area contributed by atoms with Crippen LogP contribution in [0.1, 0.15) is 16.7 Å². The summed E-state index contributed by atoms with van der Waals surface area (Å²) in [5, 5.41) is 1.000. The predicted molar refractivity (Wildman–Crippen MR) is 104 cm³/mol. The molecule has 4 nitrogen and oxygen atoms in total. The highest BCUT2D eigenvalue weighted by Gasteiger charge is 2.22. The number of benzene rings is 2. The van der Waals surface area contributed by atoms with Gasteiger partial charge in [0.2, 0.25) is 0 Å². The van der Waals surface area contributed by atoms with Crippen LogP contribution in [0.2, 0.25) is 0 Å². The number of hydrogen-bond acceptors (Lipinski definition) is 3. The minimum atomic E-state index is -0.115. The molecule has 1 aliphatic heterocycles. The Kier molecular flexibility index (Phi) is 4.03. The molecule has 0 radical (unpaired) electrons. The van der Waals surface area contributed by atoms with Crippen molar-refractivity contribution in [3.8, 4) is 11.5 Å². The number of para-hydroxylation sites is 1. The van der Waals surface area contributed by atoms with Crippen molar-refractivity contribution in [2.75, 3.05) is 13.2 Å². The lowest BCUT2D eigenvalue weighted by Crippen LogP contribution is -2.24. The number of nitrogens with zero attached hydrogens (tertiary/aromatic N) is 1. The van der Waals surface area contributed by atoms with Crippen molar-refractivity contribution in [3.05, 3.63) is 75.6 Å². The van der Waals surface area contributed by atoms with Crippen LogP contribution in [0.15, 0.2) is 53.3 Å². The van der Waals surface area contributed by atoms with Gasteiger partial charge in [0.15, 0.2) is 5.75 Å². The maximum absolute atomic E-state index is 12.7. The Bertz CT molecular complexity index is 1070. The number of fused-ring (bicyclic) bond motifs is 3. The summed E-state index contributed by atoms with van der Waals surface area (Å²) in [5.41, 5.74) is 4.94. The van der Waals surface area contributed by atoms with Gasteiger partial charge in [0.1, 0.15) is 19.0 Å². The van der Waals surface area contributed by atoms with Crippen LogP contribution in [0.5, 0.6) is 11.5 Å². The van der Waals surface area contributed by atoms with Crippen molar-refractivity contribution in [2.45, 2.75) is 13.8 Å². The van der Waals surface area contributed by atoms with E-state index in [1.807, 2.05) is 42.5 Å². The van der Waals surface area contributed by atoms with Crippen molar-refractivity contribution < 1.29 is 9.47 Å². The van der Waals surface area contributed by atoms with E-state index in [1.54, 1.807) is 11.6 Å². The second-order valence-electron chi connectivity index (χ2n) is 6.74. The molecule has 0 unspecified atom stereocenters. The van der Waals surface area contributed by atoms with Gasteiger partial charge >= 0.3 is 0 Å². The molecule has 0 amide bonds. The largest absolute Gasteiger partial charge is 0.489 e. The summed E-state index contributed by atoms with van der Waals surface area (Å²) in [7, 11) is 1.78. The number of ether oxygens (including phenoxy) is 2. The molecular formula is C22H21NO3. The highest BCUT2D eigenvalue weighted by Crippen LogP contribution is 2.34. The molecule has 1 aromatic heterocycles. The molecule has 0 fully saturated rings. The molecule has 0 N–H and O–H groups in total. The first-order chi connectivity index (χ1) is 12.5. The van der Waals surface area contributed by atoms with Crippen LogP contribution in [0.3, 0.4) is 0 Å². The zero-order valence-electron chi connectivity index (χ0n) is 15.2. The van der Waals surface area contributed by atoms with Crippen LogP contribution in [0.4, 0.5) is 0 Å². The number of pyridine rings is 1. The van der Waals surface area contributed by atoms with E-state index in [0.29, 0.717) is 19.0 Å². The quantitative estimate of drug-likeness (QED) is 0.719. The van der Waals surface area contributed by atoms with Crippen LogP contribution >= 0.6 is 0 Å². The summed E-state index contributed by atoms with van der Waals surface area (Å²) >= 11 is 0. The molecule has 0 bridgehead atoms. The molecule has 4 rings (SSSR count). The van der Waals surface area contributed by atoms with Gasteiger partial charge in [-0.05, 0) is 49.2 Å². The Balaban J connectivity index is 1.77. The number of aryl methyl sites for hydroxylation is 3. The molecule has 0 atom stereocenters. The Hall–Kier alpha value is -3.01. The van der Waals surface area contributed by atoms with E-state index >= 15 is 0 Å². The van der Waals surface area contributed by atoms with Gasteiger partial charge < -0.3 is 14.0 Å². The third-order valence-corrected chi connectivity index (χ3v) is 4.73. The van der Waals surface area contributed by atoms with Gasteiger partial charge in [0.05, 0.1) is 5.52 Å². The molecule has 4 heteroatoms. The van der Waals surface area contributed by atoms with E-state index in [9.17, 15) is 4.79 Å². The fourth-order valence-corrected chi connectivity index (χ4v) is 3.56. The maximum Gasteiger partial charge on any atom is 0.293 e. The molecule has 3 aromatic rings. The molecule has 0 saturated heterocycles. The van der Waals surface area contributed by atoms with Crippen molar-refractivity contribution in [3.63, 3.8) is 0 Å². The Morgan fingerprint density at radius 2 is 1.85 bits per heavy atom. The summed E-state index contributed by atoms with van der Waals surface area (Å²) < 4.78 is 13.4. The molecular weight excluding hydrogens is 326 g/mol. The lowest BCUT2D eigenvalue weighted by molar-refractivity contribution is 0.338. The maximum atomic E-state index is 12.7. The van der Waals surface area contributed by atoms with Crippen molar-refractivity contribution in [1.29, 1.82) is 0 Å². The van der Waals surface area contributed by atoms with Crippen molar-refractivity contribution >= 4 is 16.5 Å². The number of hydrogen-bond donors (Lipinski definition) is 0. The second-order valence-corrected chi connectivity index (χ2v) is 6.74. The van der Waals surface area contributed by atoms with E-state index in [1.165, 1.54) is 11.1 Å². The third-order valence-electron chi connectivity index (χ3n) is 4.73. The summed E-state index contributed by atoms with van der Waals surface area (Å²) in [4.78, 5) is 12.7. The van der Waals surface area contributed by atoms with E-state index in [4.69, 9.17) is 9.47 Å². The van der Waals surface area contributed by atoms with Gasteiger partial charge in [-0.3, -0.25) is 4.79 Å². The van der Waals surface area contributed by atoms with E-state index in [2.05, 4.69) is 19.9 Å². The van der Waals surface area contributed by atoms with E-state index in [0.717, 1.165) is 27.8 Å². The second kappa shape index (κ2) is 6.37. The third kappa shape index (κ3) is 2.77. The minimum Gasteiger partial charge on any atom is -0.489 e. The lowest BCUT2D eigenvalue weighted by atomic mass is 9.98. The van der Waals surface area contributed by atoms with Crippen LogP contribution in [-0.2, 0) is 7.05 Å².